The zero-order valence-electron chi connectivity index (χ0n) is 12.0. The SMILES string of the molecule is O=C(/C=C/c1ccccc1)OC[C@@H]1COc2ccccc2O1. The summed E-state index contributed by atoms with van der Waals surface area (Å²) in [6.07, 6.45) is 2.84. The molecule has 0 N–H and O–H groups in total. The van der Waals surface area contributed by atoms with Crippen LogP contribution in [-0.4, -0.2) is 25.3 Å². The van der Waals surface area contributed by atoms with Crippen molar-refractivity contribution < 1.29 is 19.0 Å². The van der Waals surface area contributed by atoms with E-state index in [1.54, 1.807) is 6.08 Å². The van der Waals surface area contributed by atoms with Gasteiger partial charge in [0.2, 0.25) is 0 Å². The van der Waals surface area contributed by atoms with E-state index in [1.807, 2.05) is 54.6 Å². The number of ether oxygens (including phenoxy) is 3. The summed E-state index contributed by atoms with van der Waals surface area (Å²) in [6.45, 7) is 0.527. The summed E-state index contributed by atoms with van der Waals surface area (Å²) < 4.78 is 16.5. The first-order valence-electron chi connectivity index (χ1n) is 7.09. The van der Waals surface area contributed by atoms with Gasteiger partial charge in [0.05, 0.1) is 0 Å². The van der Waals surface area contributed by atoms with Gasteiger partial charge in [-0.15, -0.1) is 0 Å². The summed E-state index contributed by atoms with van der Waals surface area (Å²) in [5.74, 6) is 0.995. The Labute approximate surface area is 128 Å². The molecule has 4 heteroatoms. The minimum Gasteiger partial charge on any atom is -0.486 e. The molecule has 1 aliphatic heterocycles. The zero-order chi connectivity index (χ0) is 15.2. The van der Waals surface area contributed by atoms with E-state index in [2.05, 4.69) is 0 Å². The minimum absolute atomic E-state index is 0.159. The lowest BCUT2D eigenvalue weighted by Gasteiger charge is -2.25. The third-order valence-corrected chi connectivity index (χ3v) is 3.19. The number of rotatable bonds is 4. The van der Waals surface area contributed by atoms with Crippen molar-refractivity contribution in [3.63, 3.8) is 0 Å². The lowest BCUT2D eigenvalue weighted by Crippen LogP contribution is -2.34. The van der Waals surface area contributed by atoms with Gasteiger partial charge in [0, 0.05) is 6.08 Å². The van der Waals surface area contributed by atoms with Crippen LogP contribution in [-0.2, 0) is 9.53 Å². The van der Waals surface area contributed by atoms with Gasteiger partial charge in [-0.1, -0.05) is 42.5 Å². The molecule has 0 aliphatic carbocycles. The molecule has 0 aromatic heterocycles. The number of para-hydroxylation sites is 2. The average Bonchev–Trinajstić information content (AvgIpc) is 2.59. The van der Waals surface area contributed by atoms with Gasteiger partial charge in [-0.3, -0.25) is 0 Å². The number of fused-ring (bicyclic) bond motifs is 1. The summed E-state index contributed by atoms with van der Waals surface area (Å²) in [6, 6.07) is 17.0. The van der Waals surface area contributed by atoms with Gasteiger partial charge in [-0.05, 0) is 23.8 Å². The Balaban J connectivity index is 1.49. The van der Waals surface area contributed by atoms with Crippen molar-refractivity contribution >= 4 is 12.0 Å². The molecule has 22 heavy (non-hydrogen) atoms. The van der Waals surface area contributed by atoms with Crippen molar-refractivity contribution in [2.24, 2.45) is 0 Å². The number of hydrogen-bond donors (Lipinski definition) is 0. The summed E-state index contributed by atoms with van der Waals surface area (Å²) in [5.41, 5.74) is 0.950. The van der Waals surface area contributed by atoms with Gasteiger partial charge in [-0.2, -0.15) is 0 Å². The van der Waals surface area contributed by atoms with E-state index in [4.69, 9.17) is 14.2 Å². The molecular weight excluding hydrogens is 280 g/mol. The molecule has 0 radical (unpaired) electrons. The molecule has 1 atom stereocenters. The predicted molar refractivity (Wildman–Crippen MR) is 82.8 cm³/mol. The molecule has 1 heterocycles. The van der Waals surface area contributed by atoms with Crippen molar-refractivity contribution in [3.8, 4) is 11.5 Å². The molecule has 0 saturated carbocycles. The molecule has 0 bridgehead atoms. The van der Waals surface area contributed by atoms with Gasteiger partial charge in [0.15, 0.2) is 17.6 Å². The molecule has 4 nitrogen and oxygen atoms in total. The third-order valence-electron chi connectivity index (χ3n) is 3.19. The second-order valence-electron chi connectivity index (χ2n) is 4.87. The van der Waals surface area contributed by atoms with Crippen LogP contribution < -0.4 is 9.47 Å². The Morgan fingerprint density at radius 3 is 2.64 bits per heavy atom. The summed E-state index contributed by atoms with van der Waals surface area (Å²) >= 11 is 0. The predicted octanol–water partition coefficient (Wildman–Crippen LogP) is 3.08. The van der Waals surface area contributed by atoms with Crippen LogP contribution in [0.2, 0.25) is 0 Å². The maximum atomic E-state index is 11.7. The fraction of sp³-hybridized carbons (Fsp3) is 0.167. The van der Waals surface area contributed by atoms with Gasteiger partial charge in [-0.25, -0.2) is 4.79 Å². The Morgan fingerprint density at radius 1 is 1.09 bits per heavy atom. The van der Waals surface area contributed by atoms with Gasteiger partial charge in [0.25, 0.3) is 0 Å². The van der Waals surface area contributed by atoms with Crippen molar-refractivity contribution in [3.05, 3.63) is 66.2 Å². The van der Waals surface area contributed by atoms with E-state index in [0.717, 1.165) is 5.56 Å². The molecule has 0 saturated heterocycles. The molecular formula is C18H16O4. The van der Waals surface area contributed by atoms with Crippen molar-refractivity contribution in [1.29, 1.82) is 0 Å². The van der Waals surface area contributed by atoms with Crippen LogP contribution >= 0.6 is 0 Å². The van der Waals surface area contributed by atoms with E-state index in [9.17, 15) is 4.79 Å². The largest absolute Gasteiger partial charge is 0.486 e. The first-order valence-corrected chi connectivity index (χ1v) is 7.09. The molecule has 2 aromatic rings. The zero-order valence-corrected chi connectivity index (χ0v) is 12.0. The fourth-order valence-electron chi connectivity index (χ4n) is 2.10. The van der Waals surface area contributed by atoms with Crippen LogP contribution in [0, 0.1) is 0 Å². The first-order chi connectivity index (χ1) is 10.8. The van der Waals surface area contributed by atoms with E-state index in [1.165, 1.54) is 6.08 Å². The van der Waals surface area contributed by atoms with E-state index in [0.29, 0.717) is 18.1 Å². The number of benzene rings is 2. The molecule has 0 unspecified atom stereocenters. The molecule has 1 aliphatic rings. The van der Waals surface area contributed by atoms with Crippen molar-refractivity contribution in [1.82, 2.24) is 0 Å². The van der Waals surface area contributed by atoms with Crippen LogP contribution in [0.3, 0.4) is 0 Å². The molecule has 0 spiro atoms. The Bertz CT molecular complexity index is 664. The Kier molecular flexibility index (Phi) is 4.39. The topological polar surface area (TPSA) is 44.8 Å². The second-order valence-corrected chi connectivity index (χ2v) is 4.87. The highest BCUT2D eigenvalue weighted by atomic mass is 16.6. The van der Waals surface area contributed by atoms with Gasteiger partial charge < -0.3 is 14.2 Å². The van der Waals surface area contributed by atoms with Crippen molar-refractivity contribution in [2.75, 3.05) is 13.2 Å². The Hall–Kier alpha value is -2.75. The lowest BCUT2D eigenvalue weighted by atomic mass is 10.2. The van der Waals surface area contributed by atoms with Crippen LogP contribution in [0.5, 0.6) is 11.5 Å². The summed E-state index contributed by atoms with van der Waals surface area (Å²) in [7, 11) is 0. The number of carbonyl (C=O) groups excluding carboxylic acids is 1. The second kappa shape index (κ2) is 6.80. The molecule has 2 aromatic carbocycles. The summed E-state index contributed by atoms with van der Waals surface area (Å²) in [4.78, 5) is 11.7. The third kappa shape index (κ3) is 3.67. The monoisotopic (exact) mass is 296 g/mol. The minimum atomic E-state index is -0.397. The first kappa shape index (κ1) is 14.2. The number of hydrogen-bond acceptors (Lipinski definition) is 4. The van der Waals surface area contributed by atoms with Crippen LogP contribution in [0.4, 0.5) is 0 Å². The van der Waals surface area contributed by atoms with Crippen LogP contribution in [0.15, 0.2) is 60.7 Å². The normalized spacial score (nSPS) is 16.5. The molecule has 3 rings (SSSR count). The molecule has 112 valence electrons. The fourth-order valence-corrected chi connectivity index (χ4v) is 2.10. The maximum Gasteiger partial charge on any atom is 0.330 e. The van der Waals surface area contributed by atoms with E-state index >= 15 is 0 Å². The van der Waals surface area contributed by atoms with Crippen LogP contribution in [0.1, 0.15) is 5.56 Å². The standard InChI is InChI=1S/C18H16O4/c19-18(11-10-14-6-2-1-3-7-14)21-13-15-12-20-16-8-4-5-9-17(16)22-15/h1-11,15H,12-13H2/b11-10+/t15-/m0/s1. The van der Waals surface area contributed by atoms with Gasteiger partial charge in [0.1, 0.15) is 13.2 Å². The number of carbonyl (C=O) groups is 1. The molecule has 0 fully saturated rings. The highest BCUT2D eigenvalue weighted by Crippen LogP contribution is 2.30. The number of esters is 1. The smallest absolute Gasteiger partial charge is 0.330 e. The highest BCUT2D eigenvalue weighted by molar-refractivity contribution is 5.87. The highest BCUT2D eigenvalue weighted by Gasteiger charge is 2.21. The molecule has 0 amide bonds. The van der Waals surface area contributed by atoms with Gasteiger partial charge >= 0.3 is 5.97 Å². The Morgan fingerprint density at radius 2 is 1.82 bits per heavy atom. The van der Waals surface area contributed by atoms with Crippen molar-refractivity contribution in [2.45, 2.75) is 6.10 Å². The summed E-state index contributed by atoms with van der Waals surface area (Å²) in [5, 5.41) is 0. The average molecular weight is 296 g/mol. The lowest BCUT2D eigenvalue weighted by molar-refractivity contribution is -0.140. The maximum absolute atomic E-state index is 11.7. The van der Waals surface area contributed by atoms with E-state index < -0.39 is 5.97 Å². The quantitative estimate of drug-likeness (QED) is 0.642. The van der Waals surface area contributed by atoms with E-state index in [-0.39, 0.29) is 12.7 Å². The van der Waals surface area contributed by atoms with Crippen LogP contribution in [0.25, 0.3) is 6.08 Å².